The van der Waals surface area contributed by atoms with Crippen molar-refractivity contribution in [3.63, 3.8) is 0 Å². The highest BCUT2D eigenvalue weighted by atomic mass is 16.1. The summed E-state index contributed by atoms with van der Waals surface area (Å²) in [6, 6.07) is 9.08. The highest BCUT2D eigenvalue weighted by Crippen LogP contribution is 2.17. The van der Waals surface area contributed by atoms with Gasteiger partial charge >= 0.3 is 0 Å². The average molecular weight is 256 g/mol. The summed E-state index contributed by atoms with van der Waals surface area (Å²) >= 11 is 0. The molecule has 0 atom stereocenters. The van der Waals surface area contributed by atoms with E-state index in [2.05, 4.69) is 25.4 Å². The number of hydrogen-bond donors (Lipinski definition) is 2. The Balaban J connectivity index is 0.000000186. The Kier molecular flexibility index (Phi) is 4.40. The fourth-order valence-corrected chi connectivity index (χ4v) is 1.31. The molecule has 0 bridgehead atoms. The molecule has 7 nitrogen and oxygen atoms in total. The summed E-state index contributed by atoms with van der Waals surface area (Å²) in [7, 11) is 0. The lowest BCUT2D eigenvalue weighted by Crippen LogP contribution is -2.14. The van der Waals surface area contributed by atoms with Crippen LogP contribution in [-0.4, -0.2) is 31.8 Å². The fourth-order valence-electron chi connectivity index (χ4n) is 1.31. The third kappa shape index (κ3) is 3.50. The summed E-state index contributed by atoms with van der Waals surface area (Å²) in [6.07, 6.45) is 7.43. The van der Waals surface area contributed by atoms with E-state index in [1.54, 1.807) is 36.9 Å². The number of hydrogen-bond acceptors (Lipinski definition) is 4. The molecule has 19 heavy (non-hydrogen) atoms. The molecule has 0 aliphatic carbocycles. The fraction of sp³-hybridized carbons (Fsp3) is 0. The van der Waals surface area contributed by atoms with Gasteiger partial charge in [-0.1, -0.05) is 6.07 Å². The standard InChI is InChI=1S/C7H7N5O.C5H5N/c13-5-12(6-1-3-8-10-6)7-2-4-9-11-7;1-2-4-6-5-3-1/h1-5H,(H,8,10)(H,9,11);1-5H. The number of nitrogens with zero attached hydrogens (tertiary/aromatic N) is 4. The van der Waals surface area contributed by atoms with Crippen LogP contribution in [0.1, 0.15) is 0 Å². The predicted octanol–water partition coefficient (Wildman–Crippen LogP) is 1.51. The van der Waals surface area contributed by atoms with E-state index in [4.69, 9.17) is 0 Å². The quantitative estimate of drug-likeness (QED) is 0.695. The SMILES string of the molecule is O=CN(c1cc[nH]n1)c1cc[nH]n1.c1ccncc1. The first-order chi connectivity index (χ1) is 9.42. The highest BCUT2D eigenvalue weighted by molar-refractivity contribution is 5.82. The summed E-state index contributed by atoms with van der Waals surface area (Å²) in [4.78, 5) is 15.8. The van der Waals surface area contributed by atoms with Crippen LogP contribution in [0.25, 0.3) is 0 Å². The molecule has 3 aromatic heterocycles. The Morgan fingerprint density at radius 1 is 0.947 bits per heavy atom. The Morgan fingerprint density at radius 3 is 1.79 bits per heavy atom. The number of anilines is 2. The zero-order valence-corrected chi connectivity index (χ0v) is 9.97. The van der Waals surface area contributed by atoms with Crippen molar-refractivity contribution in [3.05, 3.63) is 55.1 Å². The monoisotopic (exact) mass is 256 g/mol. The zero-order valence-electron chi connectivity index (χ0n) is 9.97. The Bertz CT molecular complexity index is 503. The predicted molar refractivity (Wildman–Crippen MR) is 69.6 cm³/mol. The first kappa shape index (κ1) is 12.5. The first-order valence-electron chi connectivity index (χ1n) is 5.51. The smallest absolute Gasteiger partial charge is 0.221 e. The Morgan fingerprint density at radius 2 is 1.53 bits per heavy atom. The molecule has 2 N–H and O–H groups in total. The van der Waals surface area contributed by atoms with Crippen molar-refractivity contribution in [1.82, 2.24) is 25.4 Å². The van der Waals surface area contributed by atoms with Crippen LogP contribution in [0.2, 0.25) is 0 Å². The Hall–Kier alpha value is -2.96. The topological polar surface area (TPSA) is 90.6 Å². The lowest BCUT2D eigenvalue weighted by Gasteiger charge is -2.08. The molecule has 0 saturated carbocycles. The van der Waals surface area contributed by atoms with Gasteiger partial charge in [0.1, 0.15) is 0 Å². The minimum Gasteiger partial charge on any atom is -0.284 e. The lowest BCUT2D eigenvalue weighted by molar-refractivity contribution is -0.106. The second kappa shape index (κ2) is 6.70. The van der Waals surface area contributed by atoms with Crippen LogP contribution in [0.15, 0.2) is 55.1 Å². The minimum atomic E-state index is 0.516. The van der Waals surface area contributed by atoms with Crippen LogP contribution in [0.3, 0.4) is 0 Å². The van der Waals surface area contributed by atoms with E-state index >= 15 is 0 Å². The summed E-state index contributed by atoms with van der Waals surface area (Å²) in [5.41, 5.74) is 0. The average Bonchev–Trinajstić information content (AvgIpc) is 3.16. The van der Waals surface area contributed by atoms with E-state index in [0.29, 0.717) is 18.0 Å². The molecule has 0 aliphatic rings. The second-order valence-corrected chi connectivity index (χ2v) is 3.36. The molecule has 3 aromatic rings. The van der Waals surface area contributed by atoms with Crippen molar-refractivity contribution in [1.29, 1.82) is 0 Å². The van der Waals surface area contributed by atoms with Gasteiger partial charge in [-0.2, -0.15) is 10.2 Å². The molecule has 1 amide bonds. The van der Waals surface area contributed by atoms with Crippen LogP contribution in [0.5, 0.6) is 0 Å². The maximum absolute atomic E-state index is 10.7. The molecule has 3 heterocycles. The van der Waals surface area contributed by atoms with Gasteiger partial charge in [-0.15, -0.1) is 0 Å². The van der Waals surface area contributed by atoms with Gasteiger partial charge in [-0.25, -0.2) is 4.90 Å². The molecule has 0 fully saturated rings. The van der Waals surface area contributed by atoms with Crippen molar-refractivity contribution in [2.45, 2.75) is 0 Å². The van der Waals surface area contributed by atoms with Gasteiger partial charge in [0, 0.05) is 36.9 Å². The Labute approximate surface area is 109 Å². The molecular weight excluding hydrogens is 244 g/mol. The largest absolute Gasteiger partial charge is 0.284 e. The van der Waals surface area contributed by atoms with E-state index in [0.717, 1.165) is 0 Å². The van der Waals surface area contributed by atoms with Gasteiger partial charge in [0.2, 0.25) is 6.41 Å². The van der Waals surface area contributed by atoms with Crippen molar-refractivity contribution in [2.75, 3.05) is 4.90 Å². The lowest BCUT2D eigenvalue weighted by atomic mass is 10.5. The van der Waals surface area contributed by atoms with Gasteiger partial charge in [0.15, 0.2) is 11.6 Å². The van der Waals surface area contributed by atoms with E-state index < -0.39 is 0 Å². The van der Waals surface area contributed by atoms with Gasteiger partial charge in [-0.3, -0.25) is 20.0 Å². The normalized spacial score (nSPS) is 9.26. The molecule has 0 saturated heterocycles. The van der Waals surface area contributed by atoms with Crippen molar-refractivity contribution >= 4 is 18.0 Å². The molecule has 3 rings (SSSR count). The number of amides is 1. The maximum Gasteiger partial charge on any atom is 0.221 e. The maximum atomic E-state index is 10.7. The van der Waals surface area contributed by atoms with E-state index in [1.807, 2.05) is 18.2 Å². The zero-order chi connectivity index (χ0) is 13.3. The molecule has 7 heteroatoms. The number of pyridine rings is 1. The number of carbonyl (C=O) groups excluding carboxylic acids is 1. The molecular formula is C12H12N6O. The number of aromatic amines is 2. The van der Waals surface area contributed by atoms with E-state index in [1.165, 1.54) is 4.90 Å². The van der Waals surface area contributed by atoms with Gasteiger partial charge < -0.3 is 0 Å². The van der Waals surface area contributed by atoms with Gasteiger partial charge in [0.05, 0.1) is 0 Å². The third-order valence-electron chi connectivity index (χ3n) is 2.14. The summed E-state index contributed by atoms with van der Waals surface area (Å²) in [6.45, 7) is 0. The van der Waals surface area contributed by atoms with Crippen LogP contribution in [0.4, 0.5) is 11.6 Å². The number of H-pyrrole nitrogens is 2. The van der Waals surface area contributed by atoms with Gasteiger partial charge in [-0.05, 0) is 12.1 Å². The molecule has 0 spiro atoms. The van der Waals surface area contributed by atoms with Crippen molar-refractivity contribution in [2.24, 2.45) is 0 Å². The first-order valence-corrected chi connectivity index (χ1v) is 5.51. The van der Waals surface area contributed by atoms with Crippen LogP contribution in [-0.2, 0) is 4.79 Å². The van der Waals surface area contributed by atoms with Gasteiger partial charge in [0.25, 0.3) is 0 Å². The molecule has 0 radical (unpaired) electrons. The second-order valence-electron chi connectivity index (χ2n) is 3.36. The van der Waals surface area contributed by atoms with E-state index in [9.17, 15) is 4.79 Å². The number of rotatable bonds is 3. The van der Waals surface area contributed by atoms with Crippen LogP contribution in [0, 0.1) is 0 Å². The highest BCUT2D eigenvalue weighted by Gasteiger charge is 2.10. The molecule has 0 unspecified atom stereocenters. The van der Waals surface area contributed by atoms with Crippen LogP contribution < -0.4 is 4.90 Å². The summed E-state index contributed by atoms with van der Waals surface area (Å²) in [5.74, 6) is 1.03. The molecule has 96 valence electrons. The summed E-state index contributed by atoms with van der Waals surface area (Å²) < 4.78 is 0. The van der Waals surface area contributed by atoms with Crippen molar-refractivity contribution in [3.8, 4) is 0 Å². The van der Waals surface area contributed by atoms with Crippen molar-refractivity contribution < 1.29 is 4.79 Å². The number of aromatic nitrogens is 5. The number of nitrogens with one attached hydrogen (secondary N) is 2. The molecule has 0 aromatic carbocycles. The molecule has 0 aliphatic heterocycles. The third-order valence-corrected chi connectivity index (χ3v) is 2.14. The van der Waals surface area contributed by atoms with Crippen LogP contribution >= 0.6 is 0 Å². The number of carbonyl (C=O) groups is 1. The summed E-state index contributed by atoms with van der Waals surface area (Å²) in [5, 5.41) is 13.0. The minimum absolute atomic E-state index is 0.516. The van der Waals surface area contributed by atoms with E-state index in [-0.39, 0.29) is 0 Å².